The molecule has 0 unspecified atom stereocenters. The summed E-state index contributed by atoms with van der Waals surface area (Å²) in [6.07, 6.45) is 4.76. The van der Waals surface area contributed by atoms with Gasteiger partial charge in [-0.3, -0.25) is 0 Å². The number of fused-ring (bicyclic) bond motifs is 1. The van der Waals surface area contributed by atoms with Gasteiger partial charge in [0.05, 0.1) is 0 Å². The van der Waals surface area contributed by atoms with E-state index in [1.807, 2.05) is 13.8 Å². The van der Waals surface area contributed by atoms with Crippen molar-refractivity contribution in [1.82, 2.24) is 0 Å². The van der Waals surface area contributed by atoms with Crippen LogP contribution in [0.3, 0.4) is 0 Å². The number of hydrogen-bond acceptors (Lipinski definition) is 0. The third kappa shape index (κ3) is 2.25. The lowest BCUT2D eigenvalue weighted by Crippen LogP contribution is -1.97. The lowest BCUT2D eigenvalue weighted by Gasteiger charge is -2.15. The lowest BCUT2D eigenvalue weighted by molar-refractivity contribution is 0.972. The first kappa shape index (κ1) is 11.0. The number of allylic oxidation sites excluding steroid dienone is 2. The predicted molar refractivity (Wildman–Crippen MR) is 64.5 cm³/mol. The molecule has 0 heteroatoms. The monoisotopic (exact) mass is 188 g/mol. The molecule has 0 saturated carbocycles. The molecule has 0 nitrogen and oxygen atoms in total. The minimum Gasteiger partial charge on any atom is -0.0807 e. The van der Waals surface area contributed by atoms with Gasteiger partial charge in [-0.25, -0.2) is 0 Å². The van der Waals surface area contributed by atoms with Crippen LogP contribution in [-0.4, -0.2) is 0 Å². The van der Waals surface area contributed by atoms with Gasteiger partial charge >= 0.3 is 0 Å². The first-order valence-electron chi connectivity index (χ1n) is 5.54. The summed E-state index contributed by atoms with van der Waals surface area (Å²) in [5.41, 5.74) is 5.79. The molecule has 0 fully saturated rings. The first-order valence-corrected chi connectivity index (χ1v) is 5.54. The molecule has 2 rings (SSSR count). The molecule has 0 N–H and O–H groups in total. The molecular formula is C14H20. The molecule has 1 aromatic rings. The molecule has 0 heterocycles. The summed E-state index contributed by atoms with van der Waals surface area (Å²) in [5.74, 6) is 0. The van der Waals surface area contributed by atoms with E-state index >= 15 is 0 Å². The van der Waals surface area contributed by atoms with Crippen LogP contribution in [0.1, 0.15) is 43.9 Å². The van der Waals surface area contributed by atoms with Gasteiger partial charge in [-0.2, -0.15) is 0 Å². The first-order chi connectivity index (χ1) is 6.77. The van der Waals surface area contributed by atoms with E-state index in [0.717, 1.165) is 0 Å². The van der Waals surface area contributed by atoms with Crippen molar-refractivity contribution in [3.63, 3.8) is 0 Å². The molecule has 0 aliphatic heterocycles. The molecule has 0 radical (unpaired) electrons. The zero-order chi connectivity index (χ0) is 10.6. The summed E-state index contributed by atoms with van der Waals surface area (Å²) in [4.78, 5) is 0. The molecule has 0 atom stereocenters. The largest absolute Gasteiger partial charge is 0.0807 e. The second-order valence-corrected chi connectivity index (χ2v) is 3.59. The maximum absolute atomic E-state index is 2.33. The van der Waals surface area contributed by atoms with Gasteiger partial charge < -0.3 is 0 Å². The van der Waals surface area contributed by atoms with Crippen LogP contribution in [0.4, 0.5) is 0 Å². The van der Waals surface area contributed by atoms with Gasteiger partial charge in [0.15, 0.2) is 0 Å². The minimum atomic E-state index is 1.21. The van der Waals surface area contributed by atoms with Gasteiger partial charge in [0.1, 0.15) is 0 Å². The fraction of sp³-hybridized carbons (Fsp3) is 0.429. The zero-order valence-corrected chi connectivity index (χ0v) is 9.72. The Hall–Kier alpha value is -1.04. The summed E-state index contributed by atoms with van der Waals surface area (Å²) >= 11 is 0. The third-order valence-corrected chi connectivity index (χ3v) is 2.55. The van der Waals surface area contributed by atoms with Crippen LogP contribution in [0.5, 0.6) is 0 Å². The molecule has 0 saturated heterocycles. The van der Waals surface area contributed by atoms with Crippen LogP contribution in [0.2, 0.25) is 0 Å². The van der Waals surface area contributed by atoms with E-state index in [0.29, 0.717) is 0 Å². The van der Waals surface area contributed by atoms with Crippen LogP contribution < -0.4 is 0 Å². The lowest BCUT2D eigenvalue weighted by atomic mass is 9.91. The van der Waals surface area contributed by atoms with E-state index in [9.17, 15) is 0 Å². The number of aryl methyl sites for hydroxylation is 2. The van der Waals surface area contributed by atoms with E-state index in [2.05, 4.69) is 38.1 Å². The number of hydrogen-bond donors (Lipinski definition) is 0. The van der Waals surface area contributed by atoms with Crippen molar-refractivity contribution in [3.8, 4) is 0 Å². The van der Waals surface area contributed by atoms with Crippen molar-refractivity contribution in [2.24, 2.45) is 0 Å². The summed E-state index contributed by atoms with van der Waals surface area (Å²) in [6.45, 7) is 8.36. The Bertz CT molecular complexity index is 332. The third-order valence-electron chi connectivity index (χ3n) is 2.55. The topological polar surface area (TPSA) is 0 Å². The highest BCUT2D eigenvalue weighted by Gasteiger charge is 2.07. The maximum atomic E-state index is 2.33. The van der Waals surface area contributed by atoms with E-state index < -0.39 is 0 Å². The van der Waals surface area contributed by atoms with Crippen LogP contribution >= 0.6 is 0 Å². The molecule has 1 aliphatic rings. The molecule has 0 bridgehead atoms. The van der Waals surface area contributed by atoms with Gasteiger partial charge in [0.2, 0.25) is 0 Å². The van der Waals surface area contributed by atoms with Crippen LogP contribution in [0.15, 0.2) is 24.3 Å². The number of benzene rings is 1. The number of rotatable bonds is 0. The Labute approximate surface area is 87.7 Å². The van der Waals surface area contributed by atoms with Gasteiger partial charge in [-0.15, -0.1) is 0 Å². The normalized spacial score (nSPS) is 13.6. The molecule has 0 aromatic heterocycles. The van der Waals surface area contributed by atoms with Crippen LogP contribution in [0, 0.1) is 6.92 Å². The van der Waals surface area contributed by atoms with Crippen LogP contribution in [-0.2, 0) is 6.42 Å². The Morgan fingerprint density at radius 2 is 1.79 bits per heavy atom. The van der Waals surface area contributed by atoms with Crippen molar-refractivity contribution >= 4 is 5.57 Å². The minimum absolute atomic E-state index is 1.21. The molecule has 14 heavy (non-hydrogen) atoms. The second kappa shape index (κ2) is 4.99. The van der Waals surface area contributed by atoms with Crippen molar-refractivity contribution in [1.29, 1.82) is 0 Å². The van der Waals surface area contributed by atoms with E-state index in [4.69, 9.17) is 0 Å². The molecule has 76 valence electrons. The van der Waals surface area contributed by atoms with Crippen molar-refractivity contribution in [2.75, 3.05) is 0 Å². The molecule has 0 spiro atoms. The molecular weight excluding hydrogens is 168 g/mol. The zero-order valence-electron chi connectivity index (χ0n) is 9.72. The van der Waals surface area contributed by atoms with Crippen molar-refractivity contribution < 1.29 is 0 Å². The van der Waals surface area contributed by atoms with Gasteiger partial charge in [0.25, 0.3) is 0 Å². The SMILES string of the molecule is CC.CC1=CCCc2cc(C)ccc21. The van der Waals surface area contributed by atoms with E-state index in [1.54, 1.807) is 0 Å². The van der Waals surface area contributed by atoms with Crippen molar-refractivity contribution in [2.45, 2.75) is 40.5 Å². The Morgan fingerprint density at radius 1 is 1.07 bits per heavy atom. The van der Waals surface area contributed by atoms with E-state index in [-0.39, 0.29) is 0 Å². The Balaban J connectivity index is 0.000000461. The maximum Gasteiger partial charge on any atom is -0.0198 e. The van der Waals surface area contributed by atoms with Gasteiger partial charge in [-0.1, -0.05) is 43.7 Å². The highest BCUT2D eigenvalue weighted by Crippen LogP contribution is 2.26. The quantitative estimate of drug-likeness (QED) is 0.567. The fourth-order valence-electron chi connectivity index (χ4n) is 1.87. The molecule has 0 amide bonds. The summed E-state index contributed by atoms with van der Waals surface area (Å²) in [6, 6.07) is 6.75. The summed E-state index contributed by atoms with van der Waals surface area (Å²) < 4.78 is 0. The summed E-state index contributed by atoms with van der Waals surface area (Å²) in [5, 5.41) is 0. The second-order valence-electron chi connectivity index (χ2n) is 3.59. The average molecular weight is 188 g/mol. The smallest absolute Gasteiger partial charge is 0.0198 e. The Morgan fingerprint density at radius 3 is 2.50 bits per heavy atom. The Kier molecular flexibility index (Phi) is 3.94. The van der Waals surface area contributed by atoms with Crippen molar-refractivity contribution in [3.05, 3.63) is 41.0 Å². The fourth-order valence-corrected chi connectivity index (χ4v) is 1.87. The highest BCUT2D eigenvalue weighted by atomic mass is 14.1. The van der Waals surface area contributed by atoms with Gasteiger partial charge in [0, 0.05) is 0 Å². The highest BCUT2D eigenvalue weighted by molar-refractivity contribution is 5.68. The van der Waals surface area contributed by atoms with Crippen LogP contribution in [0.25, 0.3) is 5.57 Å². The standard InChI is InChI=1S/C12H14.C2H6/c1-9-6-7-12-10(2)4-3-5-11(12)8-9;1-2/h4,6-8H,3,5H2,1-2H3;1-2H3. The van der Waals surface area contributed by atoms with E-state index in [1.165, 1.54) is 35.1 Å². The predicted octanol–water partition coefficient (Wildman–Crippen LogP) is 4.37. The van der Waals surface area contributed by atoms with Gasteiger partial charge in [-0.05, 0) is 43.4 Å². The molecule has 1 aliphatic carbocycles. The summed E-state index contributed by atoms with van der Waals surface area (Å²) in [7, 11) is 0. The average Bonchev–Trinajstić information content (AvgIpc) is 2.21. The molecule has 1 aromatic carbocycles.